The van der Waals surface area contributed by atoms with Crippen LogP contribution in [0.2, 0.25) is 5.02 Å². The van der Waals surface area contributed by atoms with Gasteiger partial charge in [0.05, 0.1) is 6.20 Å². The molecule has 1 aromatic heterocycles. The van der Waals surface area contributed by atoms with Crippen LogP contribution >= 0.6 is 11.6 Å². The molecule has 0 bridgehead atoms. The number of nitrogens with one attached hydrogen (secondary N) is 2. The van der Waals surface area contributed by atoms with Gasteiger partial charge >= 0.3 is 0 Å². The Bertz CT molecular complexity index is 1190. The van der Waals surface area contributed by atoms with Crippen molar-refractivity contribution in [2.45, 2.75) is 26.8 Å². The Kier molecular flexibility index (Phi) is 16.7. The number of nitrogens with zero attached hydrogens (tertiary/aromatic N) is 2. The number of pyridine rings is 1. The fourth-order valence-electron chi connectivity index (χ4n) is 3.20. The van der Waals surface area contributed by atoms with E-state index in [1.165, 1.54) is 6.08 Å². The maximum Gasteiger partial charge on any atom is 0.247 e. The van der Waals surface area contributed by atoms with Crippen LogP contribution in [0.3, 0.4) is 0 Å². The van der Waals surface area contributed by atoms with E-state index in [0.717, 1.165) is 31.4 Å². The summed E-state index contributed by atoms with van der Waals surface area (Å²) < 4.78 is 10.3. The third-order valence-electron chi connectivity index (χ3n) is 5.15. The zero-order valence-electron chi connectivity index (χ0n) is 23.4. The number of aromatic nitrogens is 1. The zero-order chi connectivity index (χ0) is 29.8. The summed E-state index contributed by atoms with van der Waals surface area (Å²) in [4.78, 5) is 37.7. The molecule has 0 saturated carbocycles. The van der Waals surface area contributed by atoms with Gasteiger partial charge < -0.3 is 29.8 Å². The van der Waals surface area contributed by atoms with Crippen LogP contribution in [0, 0.1) is 0 Å². The van der Waals surface area contributed by atoms with E-state index in [-0.39, 0.29) is 5.91 Å². The number of rotatable bonds is 12. The summed E-state index contributed by atoms with van der Waals surface area (Å²) in [5.41, 5.74) is 1.60. The summed E-state index contributed by atoms with van der Waals surface area (Å²) in [6.07, 6.45) is 4.75. The fourth-order valence-corrected chi connectivity index (χ4v) is 3.33. The Hall–Kier alpha value is -4.21. The molecule has 0 aliphatic heterocycles. The van der Waals surface area contributed by atoms with Crippen LogP contribution in [-0.4, -0.2) is 56.2 Å². The quantitative estimate of drug-likeness (QED) is 0.211. The molecule has 40 heavy (non-hydrogen) atoms. The van der Waals surface area contributed by atoms with Crippen molar-refractivity contribution in [2.24, 2.45) is 0 Å². The number of likely N-dealkylation sites (N-methyl/N-ethyl adjacent to an activating group) is 1. The number of halogens is 1. The molecule has 2 N–H and O–H groups in total. The van der Waals surface area contributed by atoms with Crippen molar-refractivity contribution in [3.63, 3.8) is 0 Å². The van der Waals surface area contributed by atoms with Crippen molar-refractivity contribution in [1.82, 2.24) is 15.2 Å². The van der Waals surface area contributed by atoms with Crippen molar-refractivity contribution >= 4 is 36.4 Å². The lowest BCUT2D eigenvalue weighted by Gasteiger charge is -2.28. The molecule has 3 aromatic rings. The second-order valence-corrected chi connectivity index (χ2v) is 8.50. The standard InChI is InChI=1S/C26H27ClN4O3.C3H8O.CH2O/c1-3-13-31(17-19-7-9-21(27)10-8-19)25(15-26(33)28-2)30-24-12-11-23(16-29-24)34-22-6-4-5-20(14-22)18-32;1-3-4-2;1-2/h4-12,14-16,18H,3,13,17H2,1-2H3,(H,28,33)(H,29,30);3H2,1-2H3;1H2/b25-15-;;. The van der Waals surface area contributed by atoms with E-state index in [0.29, 0.717) is 40.3 Å². The predicted molar refractivity (Wildman–Crippen MR) is 159 cm³/mol. The Labute approximate surface area is 241 Å². The summed E-state index contributed by atoms with van der Waals surface area (Å²) in [5, 5.41) is 6.56. The first-order valence-electron chi connectivity index (χ1n) is 12.6. The highest BCUT2D eigenvalue weighted by Gasteiger charge is 2.13. The molecule has 0 unspecified atom stereocenters. The Morgan fingerprint density at radius 1 is 1.07 bits per heavy atom. The van der Waals surface area contributed by atoms with Gasteiger partial charge in [-0.15, -0.1) is 0 Å². The molecule has 0 fully saturated rings. The van der Waals surface area contributed by atoms with Crippen molar-refractivity contribution in [2.75, 3.05) is 32.6 Å². The van der Waals surface area contributed by atoms with Gasteiger partial charge in [-0.1, -0.05) is 42.8 Å². The van der Waals surface area contributed by atoms with E-state index >= 15 is 0 Å². The zero-order valence-corrected chi connectivity index (χ0v) is 24.1. The fraction of sp³-hybridized carbons (Fsp3) is 0.267. The van der Waals surface area contributed by atoms with Gasteiger partial charge in [-0.25, -0.2) is 4.98 Å². The summed E-state index contributed by atoms with van der Waals surface area (Å²) in [7, 11) is 3.27. The lowest BCUT2D eigenvalue weighted by atomic mass is 10.2. The predicted octanol–water partition coefficient (Wildman–Crippen LogP) is 5.72. The molecule has 1 heterocycles. The minimum absolute atomic E-state index is 0.227. The highest BCUT2D eigenvalue weighted by atomic mass is 35.5. The van der Waals surface area contributed by atoms with Crippen LogP contribution in [0.4, 0.5) is 5.82 Å². The van der Waals surface area contributed by atoms with Crippen LogP contribution in [0.25, 0.3) is 0 Å². The molecule has 2 aromatic carbocycles. The van der Waals surface area contributed by atoms with Crippen LogP contribution in [0.15, 0.2) is 78.8 Å². The van der Waals surface area contributed by atoms with Gasteiger partial charge in [0, 0.05) is 50.5 Å². The molecule has 0 radical (unpaired) electrons. The van der Waals surface area contributed by atoms with E-state index < -0.39 is 0 Å². The average Bonchev–Trinajstić information content (AvgIpc) is 2.99. The van der Waals surface area contributed by atoms with Crippen LogP contribution in [0.1, 0.15) is 36.2 Å². The highest BCUT2D eigenvalue weighted by Crippen LogP contribution is 2.23. The second-order valence-electron chi connectivity index (χ2n) is 8.07. The van der Waals surface area contributed by atoms with Gasteiger partial charge in [0.25, 0.3) is 0 Å². The largest absolute Gasteiger partial charge is 0.456 e. The van der Waals surface area contributed by atoms with Crippen molar-refractivity contribution < 1.29 is 23.9 Å². The monoisotopic (exact) mass is 568 g/mol. The lowest BCUT2D eigenvalue weighted by molar-refractivity contribution is -0.116. The molecule has 0 aliphatic rings. The summed E-state index contributed by atoms with van der Waals surface area (Å²) in [6.45, 7) is 8.18. The maximum absolute atomic E-state index is 12.2. The molecule has 3 rings (SSSR count). The smallest absolute Gasteiger partial charge is 0.247 e. The molecule has 214 valence electrons. The van der Waals surface area contributed by atoms with E-state index in [9.17, 15) is 9.59 Å². The Balaban J connectivity index is 0.00000122. The number of carbonyl (C=O) groups is 3. The van der Waals surface area contributed by atoms with E-state index in [4.69, 9.17) is 21.1 Å². The first-order valence-corrected chi connectivity index (χ1v) is 13.0. The molecule has 0 atom stereocenters. The van der Waals surface area contributed by atoms with Crippen LogP contribution < -0.4 is 15.4 Å². The number of amides is 1. The molecule has 0 saturated heterocycles. The van der Waals surface area contributed by atoms with Gasteiger partial charge in [-0.2, -0.15) is 0 Å². The van der Waals surface area contributed by atoms with E-state index in [1.807, 2.05) is 38.0 Å². The topological polar surface area (TPSA) is 110 Å². The molecule has 1 amide bonds. The van der Waals surface area contributed by atoms with Crippen molar-refractivity contribution in [1.29, 1.82) is 0 Å². The molecule has 0 spiro atoms. The highest BCUT2D eigenvalue weighted by molar-refractivity contribution is 6.30. The SMILES string of the molecule is C=O.CCCN(Cc1ccc(Cl)cc1)/C(=C\C(=O)NC)Nc1ccc(Oc2cccc(C=O)c2)cn1.CCOC. The van der Waals surface area contributed by atoms with E-state index in [2.05, 4.69) is 32.2 Å². The number of carbonyl (C=O) groups excluding carboxylic acids is 3. The van der Waals surface area contributed by atoms with Crippen molar-refractivity contribution in [3.8, 4) is 11.5 Å². The van der Waals surface area contributed by atoms with Gasteiger partial charge in [0.1, 0.15) is 36.2 Å². The van der Waals surface area contributed by atoms with Crippen LogP contribution in [0.5, 0.6) is 11.5 Å². The third-order valence-corrected chi connectivity index (χ3v) is 5.40. The first kappa shape index (κ1) is 33.8. The number of aldehydes is 1. The summed E-state index contributed by atoms with van der Waals surface area (Å²) in [6, 6.07) is 18.0. The minimum atomic E-state index is -0.227. The third kappa shape index (κ3) is 12.6. The molecule has 0 aliphatic carbocycles. The number of hydrogen-bond donors (Lipinski definition) is 2. The summed E-state index contributed by atoms with van der Waals surface area (Å²) >= 11 is 6.02. The maximum atomic E-state index is 12.2. The van der Waals surface area contributed by atoms with Gasteiger partial charge in [0.2, 0.25) is 5.91 Å². The number of hydrogen-bond acceptors (Lipinski definition) is 8. The number of anilines is 1. The molecular weight excluding hydrogens is 532 g/mol. The van der Waals surface area contributed by atoms with Gasteiger partial charge in [0.15, 0.2) is 0 Å². The lowest BCUT2D eigenvalue weighted by Crippen LogP contribution is -2.30. The Morgan fingerprint density at radius 2 is 1.77 bits per heavy atom. The first-order chi connectivity index (χ1) is 19.4. The summed E-state index contributed by atoms with van der Waals surface area (Å²) in [5.74, 6) is 2.02. The second kappa shape index (κ2) is 19.8. The molecular formula is C30H37ClN4O5. The number of methoxy groups -OCH3 is 1. The number of ether oxygens (including phenoxy) is 2. The Morgan fingerprint density at radius 3 is 2.33 bits per heavy atom. The molecule has 9 nitrogen and oxygen atoms in total. The normalized spacial score (nSPS) is 10.2. The van der Waals surface area contributed by atoms with Crippen LogP contribution in [-0.2, 0) is 20.9 Å². The minimum Gasteiger partial charge on any atom is -0.456 e. The van der Waals surface area contributed by atoms with Crippen molar-refractivity contribution in [3.05, 3.63) is 94.9 Å². The average molecular weight is 569 g/mol. The molecule has 10 heteroatoms. The van der Waals surface area contributed by atoms with Gasteiger partial charge in [-0.05, 0) is 55.3 Å². The number of benzene rings is 2. The van der Waals surface area contributed by atoms with E-state index in [1.54, 1.807) is 56.8 Å². The van der Waals surface area contributed by atoms with Gasteiger partial charge in [-0.3, -0.25) is 9.59 Å².